The van der Waals surface area contributed by atoms with Crippen LogP contribution >= 0.6 is 27.3 Å². The van der Waals surface area contributed by atoms with Crippen molar-refractivity contribution in [3.8, 4) is 5.75 Å². The van der Waals surface area contributed by atoms with E-state index in [0.29, 0.717) is 17.1 Å². The van der Waals surface area contributed by atoms with Gasteiger partial charge in [-0.05, 0) is 23.6 Å². The molecule has 2 aromatic heterocycles. The largest absolute Gasteiger partial charge is 0.497 e. The van der Waals surface area contributed by atoms with Crippen LogP contribution in [0, 0.1) is 0 Å². The number of fused-ring (bicyclic) bond motifs is 1. The normalized spacial score (nSPS) is 10.8. The number of H-pyrrole nitrogens is 1. The molecule has 0 radical (unpaired) electrons. The molecular weight excluding hydrogens is 354 g/mol. The van der Waals surface area contributed by atoms with Gasteiger partial charge in [0.2, 0.25) is 0 Å². The second kappa shape index (κ2) is 5.87. The van der Waals surface area contributed by atoms with Gasteiger partial charge in [-0.15, -0.1) is 11.3 Å². The monoisotopic (exact) mass is 365 g/mol. The van der Waals surface area contributed by atoms with E-state index in [1.54, 1.807) is 7.11 Å². The van der Waals surface area contributed by atoms with Crippen LogP contribution in [0.15, 0.2) is 38.9 Å². The van der Waals surface area contributed by atoms with Crippen LogP contribution in [0.4, 0.5) is 5.69 Å². The molecule has 1 aromatic carbocycles. The van der Waals surface area contributed by atoms with E-state index in [9.17, 15) is 4.79 Å². The predicted molar refractivity (Wildman–Crippen MR) is 88.3 cm³/mol. The highest BCUT2D eigenvalue weighted by atomic mass is 79.9. The molecule has 0 amide bonds. The van der Waals surface area contributed by atoms with Crippen LogP contribution in [0.3, 0.4) is 0 Å². The fourth-order valence-electron chi connectivity index (χ4n) is 1.97. The fraction of sp³-hybridized carbons (Fsp3) is 0.143. The Balaban J connectivity index is 1.83. The van der Waals surface area contributed by atoms with Crippen LogP contribution in [0.5, 0.6) is 5.75 Å². The Labute approximate surface area is 133 Å². The molecule has 0 atom stereocenters. The Morgan fingerprint density at radius 3 is 3.10 bits per heavy atom. The summed E-state index contributed by atoms with van der Waals surface area (Å²) in [7, 11) is 1.62. The van der Waals surface area contributed by atoms with Crippen molar-refractivity contribution in [3.63, 3.8) is 0 Å². The van der Waals surface area contributed by atoms with Gasteiger partial charge in [-0.1, -0.05) is 15.9 Å². The molecule has 5 nitrogen and oxygen atoms in total. The molecule has 0 aliphatic rings. The van der Waals surface area contributed by atoms with Gasteiger partial charge in [0.25, 0.3) is 5.56 Å². The van der Waals surface area contributed by atoms with E-state index >= 15 is 0 Å². The molecule has 3 aromatic rings. The van der Waals surface area contributed by atoms with Gasteiger partial charge in [-0.2, -0.15) is 0 Å². The van der Waals surface area contributed by atoms with Crippen molar-refractivity contribution in [1.82, 2.24) is 9.97 Å². The van der Waals surface area contributed by atoms with Gasteiger partial charge < -0.3 is 15.0 Å². The van der Waals surface area contributed by atoms with Crippen LogP contribution in [-0.2, 0) is 6.54 Å². The topological polar surface area (TPSA) is 67.0 Å². The maximum Gasteiger partial charge on any atom is 0.268 e. The van der Waals surface area contributed by atoms with Gasteiger partial charge >= 0.3 is 0 Å². The number of rotatable bonds is 4. The minimum atomic E-state index is -0.0985. The summed E-state index contributed by atoms with van der Waals surface area (Å²) in [6.07, 6.45) is 0. The zero-order chi connectivity index (χ0) is 14.8. The molecule has 2 N–H and O–H groups in total. The summed E-state index contributed by atoms with van der Waals surface area (Å²) in [5, 5.41) is 5.09. The zero-order valence-electron chi connectivity index (χ0n) is 11.1. The minimum Gasteiger partial charge on any atom is -0.497 e. The molecule has 0 aliphatic carbocycles. The number of hydrogen-bond acceptors (Lipinski definition) is 5. The van der Waals surface area contributed by atoms with Gasteiger partial charge in [0.15, 0.2) is 0 Å². The van der Waals surface area contributed by atoms with Crippen LogP contribution in [0.25, 0.3) is 10.2 Å². The second-order valence-electron chi connectivity index (χ2n) is 4.38. The molecule has 7 heteroatoms. The second-order valence-corrected chi connectivity index (χ2v) is 6.21. The van der Waals surface area contributed by atoms with Crippen molar-refractivity contribution >= 4 is 43.2 Å². The van der Waals surface area contributed by atoms with E-state index in [2.05, 4.69) is 31.2 Å². The van der Waals surface area contributed by atoms with Crippen molar-refractivity contribution in [1.29, 1.82) is 0 Å². The summed E-state index contributed by atoms with van der Waals surface area (Å²) in [6, 6.07) is 7.54. The maximum absolute atomic E-state index is 11.9. The molecule has 0 fully saturated rings. The maximum atomic E-state index is 11.9. The summed E-state index contributed by atoms with van der Waals surface area (Å²) in [5.41, 5.74) is 1.51. The third-order valence-corrected chi connectivity index (χ3v) is 4.29. The first kappa shape index (κ1) is 14.1. The highest BCUT2D eigenvalue weighted by molar-refractivity contribution is 9.10. The Morgan fingerprint density at radius 2 is 2.29 bits per heavy atom. The Bertz CT molecular complexity index is 844. The van der Waals surface area contributed by atoms with Gasteiger partial charge in [0.1, 0.15) is 16.3 Å². The number of aromatic nitrogens is 2. The molecule has 0 spiro atoms. The zero-order valence-corrected chi connectivity index (χ0v) is 13.5. The lowest BCUT2D eigenvalue weighted by Gasteiger charge is -2.08. The average molecular weight is 366 g/mol. The summed E-state index contributed by atoms with van der Waals surface area (Å²) < 4.78 is 6.78. The number of ether oxygens (including phenoxy) is 1. The number of thiophene rings is 1. The van der Waals surface area contributed by atoms with E-state index in [0.717, 1.165) is 21.4 Å². The highest BCUT2D eigenvalue weighted by Crippen LogP contribution is 2.24. The van der Waals surface area contributed by atoms with Crippen molar-refractivity contribution in [3.05, 3.63) is 50.3 Å². The van der Waals surface area contributed by atoms with Crippen molar-refractivity contribution in [2.45, 2.75) is 6.54 Å². The first-order valence-corrected chi connectivity index (χ1v) is 7.88. The molecule has 3 rings (SSSR count). The Hall–Kier alpha value is -1.86. The number of nitrogens with one attached hydrogen (secondary N) is 2. The summed E-state index contributed by atoms with van der Waals surface area (Å²) in [4.78, 5) is 19.1. The molecule has 0 bridgehead atoms. The smallest absolute Gasteiger partial charge is 0.268 e. The molecule has 0 aliphatic heterocycles. The van der Waals surface area contributed by atoms with E-state index in [1.807, 2.05) is 29.6 Å². The van der Waals surface area contributed by atoms with Crippen LogP contribution in [-0.4, -0.2) is 17.1 Å². The van der Waals surface area contributed by atoms with Gasteiger partial charge in [-0.3, -0.25) is 4.79 Å². The van der Waals surface area contributed by atoms with Crippen LogP contribution in [0.2, 0.25) is 0 Å². The first-order valence-electron chi connectivity index (χ1n) is 6.20. The lowest BCUT2D eigenvalue weighted by Crippen LogP contribution is -2.13. The molecule has 21 heavy (non-hydrogen) atoms. The predicted octanol–water partition coefficient (Wildman–Crippen LogP) is 3.37. The van der Waals surface area contributed by atoms with Crippen molar-refractivity contribution in [2.75, 3.05) is 12.4 Å². The molecule has 2 heterocycles. The molecule has 0 saturated heterocycles. The molecule has 0 saturated carbocycles. The van der Waals surface area contributed by atoms with E-state index in [4.69, 9.17) is 4.74 Å². The van der Waals surface area contributed by atoms with E-state index < -0.39 is 0 Å². The first-order chi connectivity index (χ1) is 10.2. The number of benzene rings is 1. The lowest BCUT2D eigenvalue weighted by molar-refractivity contribution is 0.414. The van der Waals surface area contributed by atoms with Crippen molar-refractivity contribution < 1.29 is 4.74 Å². The van der Waals surface area contributed by atoms with E-state index in [1.165, 1.54) is 11.3 Å². The lowest BCUT2D eigenvalue weighted by atomic mass is 10.3. The third-order valence-electron chi connectivity index (χ3n) is 2.93. The number of anilines is 1. The van der Waals surface area contributed by atoms with E-state index in [-0.39, 0.29) is 5.56 Å². The van der Waals surface area contributed by atoms with Gasteiger partial charge in [0.05, 0.1) is 19.2 Å². The number of hydrogen-bond donors (Lipinski definition) is 2. The quantitative estimate of drug-likeness (QED) is 0.743. The number of nitrogens with zero attached hydrogens (tertiary/aromatic N) is 1. The Kier molecular flexibility index (Phi) is 3.94. The average Bonchev–Trinajstić information content (AvgIpc) is 2.93. The summed E-state index contributed by atoms with van der Waals surface area (Å²) >= 11 is 4.82. The number of aromatic amines is 1. The molecule has 108 valence electrons. The van der Waals surface area contributed by atoms with Crippen LogP contribution in [0.1, 0.15) is 5.82 Å². The van der Waals surface area contributed by atoms with Crippen LogP contribution < -0.4 is 15.6 Å². The van der Waals surface area contributed by atoms with Crippen molar-refractivity contribution in [2.24, 2.45) is 0 Å². The molecule has 0 unspecified atom stereocenters. The Morgan fingerprint density at radius 1 is 1.43 bits per heavy atom. The molecular formula is C14H12BrN3O2S. The summed E-state index contributed by atoms with van der Waals surface area (Å²) in [6.45, 7) is 0.431. The minimum absolute atomic E-state index is 0.0985. The fourth-order valence-corrected chi connectivity index (χ4v) is 3.17. The standard InChI is InChI=1S/C14H12BrN3O2S/c1-20-10-5-8(15)4-9(6-10)16-7-12-17-11-2-3-21-13(11)14(19)18-12/h2-6,16H,7H2,1H3,(H,17,18,19). The third kappa shape index (κ3) is 3.08. The van der Waals surface area contributed by atoms with Gasteiger partial charge in [-0.25, -0.2) is 4.98 Å². The van der Waals surface area contributed by atoms with Gasteiger partial charge in [0, 0.05) is 16.2 Å². The number of halogens is 1. The number of methoxy groups -OCH3 is 1. The highest BCUT2D eigenvalue weighted by Gasteiger charge is 2.05. The summed E-state index contributed by atoms with van der Waals surface area (Å²) in [5.74, 6) is 1.35. The SMILES string of the molecule is COc1cc(Br)cc(NCc2nc3ccsc3c(=O)[nH]2)c1.